The van der Waals surface area contributed by atoms with Gasteiger partial charge in [-0.1, -0.05) is 67.9 Å². The predicted molar refractivity (Wildman–Crippen MR) is 128 cm³/mol. The number of likely N-dealkylation sites (tertiary alicyclic amines) is 1. The average molecular weight is 422 g/mol. The lowest BCUT2D eigenvalue weighted by molar-refractivity contribution is -0.0521. The minimum Gasteiger partial charge on any atom is -0.388 e. The predicted octanol–water partition coefficient (Wildman–Crippen LogP) is 5.65. The number of nitrogens with one attached hydrogen (secondary N) is 1. The van der Waals surface area contributed by atoms with E-state index in [4.69, 9.17) is 17.1 Å². The number of piperidine rings is 1. The maximum absolute atomic E-state index is 5.97. The van der Waals surface area contributed by atoms with E-state index in [-0.39, 0.29) is 11.0 Å². The molecule has 158 valence electrons. The summed E-state index contributed by atoms with van der Waals surface area (Å²) in [5.74, 6) is 0. The molecule has 5 heteroatoms. The molecule has 1 fully saturated rings. The highest BCUT2D eigenvalue weighted by Gasteiger charge is 2.42. The molecule has 0 amide bonds. The van der Waals surface area contributed by atoms with Gasteiger partial charge in [0.25, 0.3) is 0 Å². The van der Waals surface area contributed by atoms with E-state index in [1.165, 1.54) is 11.1 Å². The Balaban J connectivity index is 1.31. The lowest BCUT2D eigenvalue weighted by Crippen LogP contribution is -2.48. The monoisotopic (exact) mass is 421 g/mol. The van der Waals surface area contributed by atoms with Crippen LogP contribution in [0.4, 0.5) is 5.69 Å². The number of rotatable bonds is 2. The Hall–Kier alpha value is -2.40. The lowest BCUT2D eigenvalue weighted by atomic mass is 9.85. The molecule has 2 aliphatic rings. The zero-order valence-corrected chi connectivity index (χ0v) is 19.2. The van der Waals surface area contributed by atoms with Gasteiger partial charge in [-0.25, -0.2) is 0 Å². The Labute approximate surface area is 185 Å². The zero-order chi connectivity index (χ0) is 21.4. The molecule has 2 heterocycles. The van der Waals surface area contributed by atoms with Crippen molar-refractivity contribution < 1.29 is 4.84 Å². The first-order valence-corrected chi connectivity index (χ1v) is 11.1. The van der Waals surface area contributed by atoms with Crippen LogP contribution in [0, 0.1) is 6.92 Å². The van der Waals surface area contributed by atoms with Crippen molar-refractivity contribution in [2.45, 2.75) is 58.0 Å². The highest BCUT2D eigenvalue weighted by molar-refractivity contribution is 7.80. The molecular weight excluding hydrogens is 390 g/mol. The molecule has 30 heavy (non-hydrogen) atoms. The van der Waals surface area contributed by atoms with Gasteiger partial charge in [-0.2, -0.15) is 0 Å². The second-order valence-electron chi connectivity index (χ2n) is 9.60. The molecular formula is C25H31N3OS. The van der Waals surface area contributed by atoms with Crippen LogP contribution >= 0.6 is 12.2 Å². The number of benzene rings is 2. The SMILES string of the molecule is Cc1ccc(C2=NOC3(CCN(C(=S)Nc4ccc(C(C)(C)C)cc4)CC3)C2)cc1. The van der Waals surface area contributed by atoms with Crippen molar-refractivity contribution in [3.05, 3.63) is 65.2 Å². The molecule has 0 atom stereocenters. The number of hydrogen-bond acceptors (Lipinski definition) is 3. The molecule has 4 nitrogen and oxygen atoms in total. The Morgan fingerprint density at radius 3 is 2.27 bits per heavy atom. The number of nitrogens with zero attached hydrogens (tertiary/aromatic N) is 2. The fourth-order valence-corrected chi connectivity index (χ4v) is 4.36. The molecule has 1 spiro atoms. The molecule has 1 saturated heterocycles. The van der Waals surface area contributed by atoms with Crippen LogP contribution in [0.15, 0.2) is 53.7 Å². The highest BCUT2D eigenvalue weighted by Crippen LogP contribution is 2.36. The smallest absolute Gasteiger partial charge is 0.173 e. The summed E-state index contributed by atoms with van der Waals surface area (Å²) in [6.45, 7) is 10.5. The van der Waals surface area contributed by atoms with Gasteiger partial charge in [0.05, 0.1) is 5.71 Å². The molecule has 2 aliphatic heterocycles. The molecule has 2 aromatic rings. The van der Waals surface area contributed by atoms with Crippen LogP contribution in [0.25, 0.3) is 0 Å². The number of oxime groups is 1. The van der Waals surface area contributed by atoms with Crippen molar-refractivity contribution in [3.63, 3.8) is 0 Å². The average Bonchev–Trinajstić information content (AvgIpc) is 3.12. The Bertz CT molecular complexity index is 934. The molecule has 4 rings (SSSR count). The number of anilines is 1. The molecule has 2 aromatic carbocycles. The van der Waals surface area contributed by atoms with Gasteiger partial charge in [0.15, 0.2) is 5.11 Å². The first-order valence-electron chi connectivity index (χ1n) is 10.7. The number of aryl methyl sites for hydroxylation is 1. The summed E-state index contributed by atoms with van der Waals surface area (Å²) in [6, 6.07) is 17.1. The van der Waals surface area contributed by atoms with E-state index in [0.717, 1.165) is 54.4 Å². The van der Waals surface area contributed by atoms with Crippen molar-refractivity contribution in [2.24, 2.45) is 5.16 Å². The maximum Gasteiger partial charge on any atom is 0.173 e. The van der Waals surface area contributed by atoms with Crippen LogP contribution in [-0.4, -0.2) is 34.4 Å². The van der Waals surface area contributed by atoms with E-state index in [9.17, 15) is 0 Å². The second-order valence-corrected chi connectivity index (χ2v) is 9.99. The lowest BCUT2D eigenvalue weighted by Gasteiger charge is -2.38. The summed E-state index contributed by atoms with van der Waals surface area (Å²) in [5.41, 5.74) is 5.81. The summed E-state index contributed by atoms with van der Waals surface area (Å²) in [7, 11) is 0. The van der Waals surface area contributed by atoms with Gasteiger partial charge in [-0.05, 0) is 47.8 Å². The van der Waals surface area contributed by atoms with Crippen molar-refractivity contribution >= 4 is 28.7 Å². The van der Waals surface area contributed by atoms with Gasteiger partial charge in [-0.3, -0.25) is 0 Å². The molecule has 0 unspecified atom stereocenters. The highest BCUT2D eigenvalue weighted by atomic mass is 32.1. The van der Waals surface area contributed by atoms with Crippen LogP contribution in [0.5, 0.6) is 0 Å². The number of hydrogen-bond donors (Lipinski definition) is 1. The van der Waals surface area contributed by atoms with Gasteiger partial charge in [0.1, 0.15) is 5.60 Å². The fourth-order valence-electron chi connectivity index (χ4n) is 4.06. The van der Waals surface area contributed by atoms with Gasteiger partial charge >= 0.3 is 0 Å². The van der Waals surface area contributed by atoms with E-state index in [1.807, 2.05) is 0 Å². The van der Waals surface area contributed by atoms with E-state index in [1.54, 1.807) is 0 Å². The topological polar surface area (TPSA) is 36.9 Å². The molecule has 1 N–H and O–H groups in total. The van der Waals surface area contributed by atoms with E-state index >= 15 is 0 Å². The Morgan fingerprint density at radius 1 is 1.03 bits per heavy atom. The molecule has 0 radical (unpaired) electrons. The first-order chi connectivity index (χ1) is 14.2. The zero-order valence-electron chi connectivity index (χ0n) is 18.4. The van der Waals surface area contributed by atoms with Gasteiger partial charge < -0.3 is 15.1 Å². The van der Waals surface area contributed by atoms with Crippen molar-refractivity contribution in [2.75, 3.05) is 18.4 Å². The largest absolute Gasteiger partial charge is 0.388 e. The summed E-state index contributed by atoms with van der Waals surface area (Å²) in [4.78, 5) is 8.21. The van der Waals surface area contributed by atoms with Crippen LogP contribution in [-0.2, 0) is 10.3 Å². The Kier molecular flexibility index (Phi) is 5.58. The maximum atomic E-state index is 5.97. The molecule has 0 aliphatic carbocycles. The van der Waals surface area contributed by atoms with E-state index in [0.29, 0.717) is 0 Å². The molecule has 0 bridgehead atoms. The van der Waals surface area contributed by atoms with Crippen LogP contribution < -0.4 is 5.32 Å². The van der Waals surface area contributed by atoms with Crippen molar-refractivity contribution in [3.8, 4) is 0 Å². The molecule has 0 aromatic heterocycles. The van der Waals surface area contributed by atoms with Crippen LogP contribution in [0.1, 0.15) is 56.7 Å². The van der Waals surface area contributed by atoms with Crippen molar-refractivity contribution in [1.29, 1.82) is 0 Å². The first kappa shape index (κ1) is 20.9. The van der Waals surface area contributed by atoms with Crippen molar-refractivity contribution in [1.82, 2.24) is 4.90 Å². The Morgan fingerprint density at radius 2 is 1.67 bits per heavy atom. The normalized spacial score (nSPS) is 18.1. The summed E-state index contributed by atoms with van der Waals surface area (Å²) < 4.78 is 0. The standard InChI is InChI=1S/C25H31N3OS/c1-18-5-7-19(8-6-18)22-17-25(29-27-22)13-15-28(16-14-25)23(30)26-21-11-9-20(10-12-21)24(2,3)4/h5-12H,13-17H2,1-4H3,(H,26,30). The third kappa shape index (κ3) is 4.51. The summed E-state index contributed by atoms with van der Waals surface area (Å²) in [6.07, 6.45) is 2.73. The molecule has 0 saturated carbocycles. The summed E-state index contributed by atoms with van der Waals surface area (Å²) in [5, 5.41) is 8.61. The minimum absolute atomic E-state index is 0.154. The van der Waals surface area contributed by atoms with Gasteiger partial charge in [-0.15, -0.1) is 0 Å². The third-order valence-electron chi connectivity index (χ3n) is 6.19. The van der Waals surface area contributed by atoms with Gasteiger partial charge in [0.2, 0.25) is 0 Å². The van der Waals surface area contributed by atoms with E-state index in [2.05, 4.69) is 91.6 Å². The second kappa shape index (κ2) is 8.03. The van der Waals surface area contributed by atoms with Crippen LogP contribution in [0.2, 0.25) is 0 Å². The van der Waals surface area contributed by atoms with E-state index < -0.39 is 0 Å². The number of thiocarbonyl (C=S) groups is 1. The van der Waals surface area contributed by atoms with Crippen LogP contribution in [0.3, 0.4) is 0 Å². The fraction of sp³-hybridized carbons (Fsp3) is 0.440. The minimum atomic E-state index is -0.180. The van der Waals surface area contributed by atoms with Gasteiger partial charge in [0, 0.05) is 38.0 Å². The third-order valence-corrected chi connectivity index (χ3v) is 6.55. The quantitative estimate of drug-likeness (QED) is 0.636. The summed E-state index contributed by atoms with van der Waals surface area (Å²) >= 11 is 5.68.